The lowest BCUT2D eigenvalue weighted by Crippen LogP contribution is -2.04. The first kappa shape index (κ1) is 13.9. The zero-order valence-electron chi connectivity index (χ0n) is 10.5. The molecule has 0 aliphatic rings. The Bertz CT molecular complexity index is 540. The summed E-state index contributed by atoms with van der Waals surface area (Å²) >= 11 is 11.9. The van der Waals surface area contributed by atoms with Crippen LogP contribution < -0.4 is 10.6 Å². The molecule has 0 atom stereocenters. The number of halogens is 2. The summed E-state index contributed by atoms with van der Waals surface area (Å²) in [6, 6.07) is 5.24. The van der Waals surface area contributed by atoms with Crippen LogP contribution in [0.4, 0.5) is 17.3 Å². The predicted octanol–water partition coefficient (Wildman–Crippen LogP) is 4.35. The maximum atomic E-state index is 5.94. The molecule has 0 spiro atoms. The van der Waals surface area contributed by atoms with Crippen molar-refractivity contribution >= 4 is 40.5 Å². The summed E-state index contributed by atoms with van der Waals surface area (Å²) in [5.74, 6) is 1.37. The highest BCUT2D eigenvalue weighted by atomic mass is 35.5. The van der Waals surface area contributed by atoms with E-state index in [1.807, 2.05) is 0 Å². The Morgan fingerprint density at radius 3 is 2.42 bits per heavy atom. The van der Waals surface area contributed by atoms with Gasteiger partial charge in [0, 0.05) is 22.3 Å². The number of hydrogen-bond donors (Lipinski definition) is 2. The van der Waals surface area contributed by atoms with Gasteiger partial charge in [-0.05, 0) is 24.6 Å². The molecule has 0 radical (unpaired) electrons. The van der Waals surface area contributed by atoms with Gasteiger partial charge in [0.2, 0.25) is 0 Å². The van der Waals surface area contributed by atoms with E-state index in [0.29, 0.717) is 15.9 Å². The number of nitrogens with zero attached hydrogens (tertiary/aromatic N) is 2. The van der Waals surface area contributed by atoms with Crippen LogP contribution in [0.15, 0.2) is 30.6 Å². The summed E-state index contributed by atoms with van der Waals surface area (Å²) in [6.07, 6.45) is 4.36. The molecule has 0 saturated carbocycles. The predicted molar refractivity (Wildman–Crippen MR) is 80.6 cm³/mol. The fraction of sp³-hybridized carbons (Fsp3) is 0.231. The van der Waals surface area contributed by atoms with Gasteiger partial charge in [0.15, 0.2) is 5.82 Å². The molecule has 2 N–H and O–H groups in total. The average molecular weight is 297 g/mol. The molecule has 0 unspecified atom stereocenters. The summed E-state index contributed by atoms with van der Waals surface area (Å²) in [7, 11) is 0. The zero-order valence-corrected chi connectivity index (χ0v) is 12.0. The van der Waals surface area contributed by atoms with Crippen LogP contribution in [0, 0.1) is 0 Å². The minimum atomic E-state index is 0.572. The molecule has 19 heavy (non-hydrogen) atoms. The average Bonchev–Trinajstić information content (AvgIpc) is 2.35. The van der Waals surface area contributed by atoms with E-state index in [1.165, 1.54) is 0 Å². The summed E-state index contributed by atoms with van der Waals surface area (Å²) in [4.78, 5) is 8.52. The summed E-state index contributed by atoms with van der Waals surface area (Å²) < 4.78 is 0. The number of hydrogen-bond acceptors (Lipinski definition) is 4. The number of rotatable bonds is 5. The molecule has 0 amide bonds. The molecule has 0 aliphatic carbocycles. The van der Waals surface area contributed by atoms with E-state index in [9.17, 15) is 0 Å². The van der Waals surface area contributed by atoms with Crippen LogP contribution in [-0.2, 0) is 0 Å². The van der Waals surface area contributed by atoms with Gasteiger partial charge in [0.05, 0.1) is 12.4 Å². The van der Waals surface area contributed by atoms with Crippen LogP contribution in [-0.4, -0.2) is 16.5 Å². The van der Waals surface area contributed by atoms with E-state index in [4.69, 9.17) is 23.2 Å². The summed E-state index contributed by atoms with van der Waals surface area (Å²) in [6.45, 7) is 2.96. The van der Waals surface area contributed by atoms with Gasteiger partial charge in [-0.3, -0.25) is 4.98 Å². The molecule has 4 nitrogen and oxygen atoms in total. The van der Waals surface area contributed by atoms with Gasteiger partial charge in [-0.1, -0.05) is 30.1 Å². The van der Waals surface area contributed by atoms with Crippen LogP contribution in [0.25, 0.3) is 0 Å². The molecular formula is C13H14Cl2N4. The maximum absolute atomic E-state index is 5.94. The second kappa shape index (κ2) is 6.59. The van der Waals surface area contributed by atoms with Gasteiger partial charge >= 0.3 is 0 Å². The molecule has 0 fully saturated rings. The van der Waals surface area contributed by atoms with Gasteiger partial charge < -0.3 is 10.6 Å². The standard InChI is InChI=1S/C13H14Cl2N4/c1-2-3-17-12-7-16-8-13(19-12)18-11-5-9(14)4-10(15)6-11/h4-8H,2-3H2,1H3,(H2,17,18,19). The van der Waals surface area contributed by atoms with Crippen LogP contribution in [0.5, 0.6) is 0 Å². The lowest BCUT2D eigenvalue weighted by Gasteiger charge is -2.08. The molecular weight excluding hydrogens is 283 g/mol. The first-order chi connectivity index (χ1) is 9.17. The smallest absolute Gasteiger partial charge is 0.151 e. The Hall–Kier alpha value is -1.52. The van der Waals surface area contributed by atoms with E-state index in [-0.39, 0.29) is 0 Å². The Morgan fingerprint density at radius 1 is 1.05 bits per heavy atom. The van der Waals surface area contributed by atoms with Crippen LogP contribution >= 0.6 is 23.2 Å². The van der Waals surface area contributed by atoms with Crippen molar-refractivity contribution in [3.8, 4) is 0 Å². The van der Waals surface area contributed by atoms with E-state index in [1.54, 1.807) is 30.6 Å². The zero-order chi connectivity index (χ0) is 13.7. The molecule has 0 saturated heterocycles. The maximum Gasteiger partial charge on any atom is 0.151 e. The number of anilines is 3. The van der Waals surface area contributed by atoms with Crippen molar-refractivity contribution in [2.24, 2.45) is 0 Å². The van der Waals surface area contributed by atoms with Gasteiger partial charge in [-0.15, -0.1) is 0 Å². The summed E-state index contributed by atoms with van der Waals surface area (Å²) in [5, 5.41) is 7.44. The third-order valence-electron chi connectivity index (χ3n) is 2.33. The summed E-state index contributed by atoms with van der Waals surface area (Å²) in [5.41, 5.74) is 0.777. The van der Waals surface area contributed by atoms with Crippen molar-refractivity contribution < 1.29 is 0 Å². The molecule has 2 rings (SSSR count). The second-order valence-corrected chi connectivity index (χ2v) is 4.87. The highest BCUT2D eigenvalue weighted by molar-refractivity contribution is 6.35. The SMILES string of the molecule is CCCNc1cncc(Nc2cc(Cl)cc(Cl)c2)n1. The van der Waals surface area contributed by atoms with Gasteiger partial charge in [-0.25, -0.2) is 4.98 Å². The molecule has 1 aromatic heterocycles. The molecule has 1 heterocycles. The monoisotopic (exact) mass is 296 g/mol. The van der Waals surface area contributed by atoms with Gasteiger partial charge in [-0.2, -0.15) is 0 Å². The third-order valence-corrected chi connectivity index (χ3v) is 2.76. The minimum absolute atomic E-state index is 0.572. The third kappa shape index (κ3) is 4.26. The lowest BCUT2D eigenvalue weighted by atomic mass is 10.3. The molecule has 0 bridgehead atoms. The van der Waals surface area contributed by atoms with E-state index >= 15 is 0 Å². The number of aromatic nitrogens is 2. The quantitative estimate of drug-likeness (QED) is 0.861. The molecule has 0 aliphatic heterocycles. The largest absolute Gasteiger partial charge is 0.369 e. The normalized spacial score (nSPS) is 10.3. The number of benzene rings is 1. The Kier molecular flexibility index (Phi) is 4.82. The van der Waals surface area contributed by atoms with Crippen molar-refractivity contribution in [2.75, 3.05) is 17.2 Å². The highest BCUT2D eigenvalue weighted by Crippen LogP contribution is 2.24. The van der Waals surface area contributed by atoms with Crippen molar-refractivity contribution in [1.29, 1.82) is 0 Å². The van der Waals surface area contributed by atoms with Crippen LogP contribution in [0.2, 0.25) is 10.0 Å². The van der Waals surface area contributed by atoms with Crippen LogP contribution in [0.3, 0.4) is 0 Å². The second-order valence-electron chi connectivity index (χ2n) is 4.00. The van der Waals surface area contributed by atoms with E-state index in [0.717, 1.165) is 24.5 Å². The fourth-order valence-corrected chi connectivity index (χ4v) is 2.06. The number of nitrogens with one attached hydrogen (secondary N) is 2. The first-order valence-corrected chi connectivity index (χ1v) is 6.72. The first-order valence-electron chi connectivity index (χ1n) is 5.96. The van der Waals surface area contributed by atoms with Crippen molar-refractivity contribution in [3.63, 3.8) is 0 Å². The van der Waals surface area contributed by atoms with Crippen LogP contribution in [0.1, 0.15) is 13.3 Å². The van der Waals surface area contributed by atoms with E-state index in [2.05, 4.69) is 27.5 Å². The lowest BCUT2D eigenvalue weighted by molar-refractivity contribution is 0.965. The molecule has 2 aromatic rings. The Labute approximate surface area is 122 Å². The minimum Gasteiger partial charge on any atom is -0.369 e. The van der Waals surface area contributed by atoms with Crippen molar-refractivity contribution in [1.82, 2.24) is 9.97 Å². The Balaban J connectivity index is 2.13. The van der Waals surface area contributed by atoms with Gasteiger partial charge in [0.1, 0.15) is 5.82 Å². The Morgan fingerprint density at radius 2 is 1.74 bits per heavy atom. The van der Waals surface area contributed by atoms with Crippen molar-refractivity contribution in [3.05, 3.63) is 40.6 Å². The fourth-order valence-electron chi connectivity index (χ4n) is 1.54. The molecule has 6 heteroatoms. The molecule has 100 valence electrons. The highest BCUT2D eigenvalue weighted by Gasteiger charge is 2.01. The molecule has 1 aromatic carbocycles. The van der Waals surface area contributed by atoms with E-state index < -0.39 is 0 Å². The van der Waals surface area contributed by atoms with Crippen molar-refractivity contribution in [2.45, 2.75) is 13.3 Å². The van der Waals surface area contributed by atoms with Gasteiger partial charge in [0.25, 0.3) is 0 Å². The topological polar surface area (TPSA) is 49.8 Å².